The molecule has 0 aliphatic rings. The highest BCUT2D eigenvalue weighted by atomic mass is 16.5. The summed E-state index contributed by atoms with van der Waals surface area (Å²) in [5, 5.41) is 8.56. The monoisotopic (exact) mass is 409 g/mol. The molecule has 0 atom stereocenters. The molecule has 0 amide bonds. The van der Waals surface area contributed by atoms with E-state index >= 15 is 0 Å². The van der Waals surface area contributed by atoms with Crippen molar-refractivity contribution >= 4 is 22.5 Å². The Bertz CT molecular complexity index is 1360. The minimum absolute atomic E-state index is 0.519. The fraction of sp³-hybridized carbons (Fsp3) is 0.0870. The summed E-state index contributed by atoms with van der Waals surface area (Å²) < 4.78 is 7.00. The summed E-state index contributed by atoms with van der Waals surface area (Å²) in [6.07, 6.45) is 5.24. The summed E-state index contributed by atoms with van der Waals surface area (Å²) in [5.74, 6) is 1.81. The van der Waals surface area contributed by atoms with E-state index in [1.54, 1.807) is 24.3 Å². The molecule has 0 unspecified atom stereocenters. The Morgan fingerprint density at radius 3 is 2.61 bits per heavy atom. The lowest BCUT2D eigenvalue weighted by Crippen LogP contribution is -1.99. The standard InChI is InChI=1S/C23H19N7O/c1-15-26-14-30(29-15)19-8-6-18(7-9-19)27-23-25-13-17-4-3-5-20(22(17)28-23)16-10-11-24-21(12-16)31-2/h3-14H,1-2H3,(H,25,27,28). The van der Waals surface area contributed by atoms with Crippen LogP contribution in [0.5, 0.6) is 5.88 Å². The second kappa shape index (κ2) is 7.83. The van der Waals surface area contributed by atoms with Crippen LogP contribution in [0, 0.1) is 6.92 Å². The molecule has 0 radical (unpaired) electrons. The van der Waals surface area contributed by atoms with Crippen molar-refractivity contribution < 1.29 is 4.74 Å². The van der Waals surface area contributed by atoms with Crippen LogP contribution in [0.3, 0.4) is 0 Å². The van der Waals surface area contributed by atoms with E-state index < -0.39 is 0 Å². The van der Waals surface area contributed by atoms with Gasteiger partial charge in [-0.3, -0.25) is 0 Å². The fourth-order valence-corrected chi connectivity index (χ4v) is 3.33. The van der Waals surface area contributed by atoms with Crippen molar-refractivity contribution in [2.45, 2.75) is 6.92 Å². The Balaban J connectivity index is 1.47. The molecule has 0 spiro atoms. The third-order valence-corrected chi connectivity index (χ3v) is 4.86. The van der Waals surface area contributed by atoms with Crippen LogP contribution in [0.1, 0.15) is 5.82 Å². The number of anilines is 2. The predicted molar refractivity (Wildman–Crippen MR) is 119 cm³/mol. The molecule has 31 heavy (non-hydrogen) atoms. The molecule has 152 valence electrons. The van der Waals surface area contributed by atoms with Gasteiger partial charge in [0.2, 0.25) is 11.8 Å². The molecule has 1 N–H and O–H groups in total. The number of methoxy groups -OCH3 is 1. The topological polar surface area (TPSA) is 90.6 Å². The molecule has 5 aromatic rings. The van der Waals surface area contributed by atoms with E-state index in [1.807, 2.05) is 67.7 Å². The van der Waals surface area contributed by atoms with Crippen molar-refractivity contribution in [1.29, 1.82) is 0 Å². The van der Waals surface area contributed by atoms with Gasteiger partial charge in [0, 0.05) is 35.1 Å². The van der Waals surface area contributed by atoms with Crippen LogP contribution in [0.25, 0.3) is 27.7 Å². The second-order valence-corrected chi connectivity index (χ2v) is 6.93. The lowest BCUT2D eigenvalue weighted by Gasteiger charge is -2.10. The van der Waals surface area contributed by atoms with Gasteiger partial charge in [-0.25, -0.2) is 24.6 Å². The van der Waals surface area contributed by atoms with Crippen molar-refractivity contribution in [2.24, 2.45) is 0 Å². The number of rotatable bonds is 5. The maximum Gasteiger partial charge on any atom is 0.227 e. The smallest absolute Gasteiger partial charge is 0.227 e. The Kier molecular flexibility index (Phi) is 4.72. The van der Waals surface area contributed by atoms with Gasteiger partial charge in [0.15, 0.2) is 0 Å². The molecule has 2 aromatic carbocycles. The van der Waals surface area contributed by atoms with Gasteiger partial charge in [0.05, 0.1) is 18.3 Å². The number of fused-ring (bicyclic) bond motifs is 1. The van der Waals surface area contributed by atoms with Gasteiger partial charge >= 0.3 is 0 Å². The summed E-state index contributed by atoms with van der Waals surface area (Å²) in [4.78, 5) is 17.6. The molecule has 5 rings (SSSR count). The van der Waals surface area contributed by atoms with Crippen LogP contribution in [0.2, 0.25) is 0 Å². The van der Waals surface area contributed by atoms with Crippen molar-refractivity contribution in [2.75, 3.05) is 12.4 Å². The summed E-state index contributed by atoms with van der Waals surface area (Å²) in [6, 6.07) is 17.7. The predicted octanol–water partition coefficient (Wildman–Crippen LogP) is 4.33. The summed E-state index contributed by atoms with van der Waals surface area (Å²) >= 11 is 0. The zero-order valence-electron chi connectivity index (χ0n) is 17.0. The number of pyridine rings is 1. The highest BCUT2D eigenvalue weighted by Crippen LogP contribution is 2.29. The van der Waals surface area contributed by atoms with E-state index in [-0.39, 0.29) is 0 Å². The van der Waals surface area contributed by atoms with Gasteiger partial charge in [-0.05, 0) is 42.8 Å². The molecule has 0 bridgehead atoms. The average molecular weight is 409 g/mol. The van der Waals surface area contributed by atoms with Crippen LogP contribution in [0.15, 0.2) is 73.3 Å². The van der Waals surface area contributed by atoms with Crippen molar-refractivity contribution in [3.63, 3.8) is 0 Å². The van der Waals surface area contributed by atoms with E-state index in [4.69, 9.17) is 9.72 Å². The number of ether oxygens (including phenoxy) is 1. The molecule has 0 aliphatic carbocycles. The van der Waals surface area contributed by atoms with Crippen molar-refractivity contribution in [3.8, 4) is 22.7 Å². The third-order valence-electron chi connectivity index (χ3n) is 4.86. The van der Waals surface area contributed by atoms with E-state index in [2.05, 4.69) is 25.4 Å². The number of nitrogens with zero attached hydrogens (tertiary/aromatic N) is 6. The Hall–Kier alpha value is -4.33. The molecule has 0 saturated carbocycles. The van der Waals surface area contributed by atoms with Crippen molar-refractivity contribution in [1.82, 2.24) is 29.7 Å². The fourth-order valence-electron chi connectivity index (χ4n) is 3.33. The van der Waals surface area contributed by atoms with Gasteiger partial charge in [0.25, 0.3) is 0 Å². The SMILES string of the molecule is COc1cc(-c2cccc3cnc(Nc4ccc(-n5cnc(C)n5)cc4)nc23)ccn1. The normalized spacial score (nSPS) is 10.9. The van der Waals surface area contributed by atoms with Crippen molar-refractivity contribution in [3.05, 3.63) is 79.1 Å². The zero-order valence-corrected chi connectivity index (χ0v) is 17.0. The van der Waals surface area contributed by atoms with Crippen LogP contribution in [-0.2, 0) is 0 Å². The lowest BCUT2D eigenvalue weighted by atomic mass is 10.0. The Labute approximate surface area is 178 Å². The summed E-state index contributed by atoms with van der Waals surface area (Å²) in [5.41, 5.74) is 4.63. The van der Waals surface area contributed by atoms with E-state index in [0.717, 1.165) is 39.2 Å². The molecule has 0 aliphatic heterocycles. The van der Waals surface area contributed by atoms with E-state index in [1.165, 1.54) is 0 Å². The lowest BCUT2D eigenvalue weighted by molar-refractivity contribution is 0.398. The van der Waals surface area contributed by atoms with Gasteiger partial charge < -0.3 is 10.1 Å². The first-order chi connectivity index (χ1) is 15.2. The van der Waals surface area contributed by atoms with Gasteiger partial charge in [-0.15, -0.1) is 0 Å². The molecule has 3 heterocycles. The van der Waals surface area contributed by atoms with Gasteiger partial charge in [0.1, 0.15) is 12.2 Å². The van der Waals surface area contributed by atoms with Gasteiger partial charge in [-0.1, -0.05) is 18.2 Å². The number of para-hydroxylation sites is 1. The quantitative estimate of drug-likeness (QED) is 0.462. The van der Waals surface area contributed by atoms with Crippen LogP contribution in [0.4, 0.5) is 11.6 Å². The zero-order chi connectivity index (χ0) is 21.2. The number of benzene rings is 2. The first-order valence-electron chi connectivity index (χ1n) is 9.71. The highest BCUT2D eigenvalue weighted by Gasteiger charge is 2.09. The Morgan fingerprint density at radius 1 is 0.968 bits per heavy atom. The van der Waals surface area contributed by atoms with Crippen LogP contribution < -0.4 is 10.1 Å². The Morgan fingerprint density at radius 2 is 1.84 bits per heavy atom. The van der Waals surface area contributed by atoms with E-state index in [9.17, 15) is 0 Å². The first-order valence-corrected chi connectivity index (χ1v) is 9.71. The first kappa shape index (κ1) is 18.7. The van der Waals surface area contributed by atoms with Gasteiger partial charge in [-0.2, -0.15) is 5.10 Å². The minimum atomic E-state index is 0.519. The van der Waals surface area contributed by atoms with Crippen LogP contribution >= 0.6 is 0 Å². The molecular formula is C23H19N7O. The van der Waals surface area contributed by atoms with Crippen LogP contribution in [-0.4, -0.2) is 36.8 Å². The summed E-state index contributed by atoms with van der Waals surface area (Å²) in [7, 11) is 1.61. The average Bonchev–Trinajstić information content (AvgIpc) is 3.25. The number of aromatic nitrogens is 6. The minimum Gasteiger partial charge on any atom is -0.481 e. The molecule has 8 heteroatoms. The third kappa shape index (κ3) is 3.78. The molecule has 0 fully saturated rings. The molecule has 3 aromatic heterocycles. The maximum absolute atomic E-state index is 5.27. The number of aryl methyl sites for hydroxylation is 1. The number of hydrogen-bond donors (Lipinski definition) is 1. The molecular weight excluding hydrogens is 390 g/mol. The molecule has 8 nitrogen and oxygen atoms in total. The maximum atomic E-state index is 5.27. The second-order valence-electron chi connectivity index (χ2n) is 6.93. The number of hydrogen-bond acceptors (Lipinski definition) is 7. The highest BCUT2D eigenvalue weighted by molar-refractivity contribution is 5.94. The van der Waals surface area contributed by atoms with E-state index in [0.29, 0.717) is 11.8 Å². The molecule has 0 saturated heterocycles. The largest absolute Gasteiger partial charge is 0.481 e. The number of nitrogens with one attached hydrogen (secondary N) is 1. The summed E-state index contributed by atoms with van der Waals surface area (Å²) in [6.45, 7) is 1.86.